The topological polar surface area (TPSA) is 110 Å². The van der Waals surface area contributed by atoms with Gasteiger partial charge in [-0.25, -0.2) is 4.98 Å². The van der Waals surface area contributed by atoms with E-state index in [0.29, 0.717) is 43.0 Å². The fourth-order valence-corrected chi connectivity index (χ4v) is 7.05. The van der Waals surface area contributed by atoms with Crippen molar-refractivity contribution in [1.29, 1.82) is 0 Å². The van der Waals surface area contributed by atoms with Gasteiger partial charge in [-0.15, -0.1) is 0 Å². The predicted molar refractivity (Wildman–Crippen MR) is 137 cm³/mol. The van der Waals surface area contributed by atoms with Crippen molar-refractivity contribution in [1.82, 2.24) is 19.6 Å². The van der Waals surface area contributed by atoms with Gasteiger partial charge in [-0.2, -0.15) is 0 Å². The molecule has 2 aromatic rings. The summed E-state index contributed by atoms with van der Waals surface area (Å²) < 4.78 is 1.80. The number of nitrogens with zero attached hydrogens (tertiary/aromatic N) is 3. The molecule has 1 aliphatic heterocycles. The van der Waals surface area contributed by atoms with E-state index in [0.717, 1.165) is 18.4 Å². The van der Waals surface area contributed by atoms with Gasteiger partial charge in [-0.3, -0.25) is 18.8 Å². The molecule has 36 heavy (non-hydrogen) atoms. The van der Waals surface area contributed by atoms with E-state index in [1.807, 2.05) is 18.2 Å². The van der Waals surface area contributed by atoms with E-state index >= 15 is 0 Å². The Morgan fingerprint density at radius 1 is 1.17 bits per heavy atom. The molecule has 0 spiro atoms. The van der Waals surface area contributed by atoms with E-state index in [1.54, 1.807) is 15.5 Å². The molecule has 3 amide bonds. The number of amides is 3. The lowest BCUT2D eigenvalue weighted by atomic mass is 9.58. The Hall–Kier alpha value is -2.90. The maximum Gasteiger partial charge on any atom is 0.268 e. The number of carbonyl (C=O) groups is 3. The van der Waals surface area contributed by atoms with Gasteiger partial charge in [0.2, 0.25) is 11.8 Å². The van der Waals surface area contributed by atoms with Gasteiger partial charge in [0.15, 0.2) is 0 Å². The standard InChI is InChI=1S/C28H39N5O3/c1-2-19-13-20-5-4-10-28(15-19,16-20)18-30-27(36)23-6-3-7-24-31-22(17-33(23)24)14-25(34)32-11-8-21(9-12-32)26(29)35/h3,6-7,17,19-21H,2,4-5,8-16,18H2,1H3,(H2,29,35)(H,30,36). The number of fused-ring (bicyclic) bond motifs is 3. The summed E-state index contributed by atoms with van der Waals surface area (Å²) in [7, 11) is 0. The molecule has 0 aromatic carbocycles. The molecule has 5 rings (SSSR count). The Balaban J connectivity index is 1.24. The third-order valence-electron chi connectivity index (χ3n) is 8.99. The number of carbonyl (C=O) groups excluding carboxylic acids is 3. The summed E-state index contributed by atoms with van der Waals surface area (Å²) >= 11 is 0. The van der Waals surface area contributed by atoms with Crippen LogP contribution in [0.15, 0.2) is 24.4 Å². The number of hydrogen-bond donors (Lipinski definition) is 2. The second-order valence-corrected chi connectivity index (χ2v) is 11.5. The van der Waals surface area contributed by atoms with E-state index in [1.165, 1.54) is 44.9 Å². The molecule has 3 aliphatic rings. The number of nitrogens with one attached hydrogen (secondary N) is 1. The van der Waals surface area contributed by atoms with Crippen LogP contribution in [-0.2, 0) is 16.0 Å². The Kier molecular flexibility index (Phi) is 7.04. The van der Waals surface area contributed by atoms with Crippen LogP contribution in [0.3, 0.4) is 0 Å². The van der Waals surface area contributed by atoms with Crippen molar-refractivity contribution in [3.05, 3.63) is 35.8 Å². The number of primary amides is 1. The smallest absolute Gasteiger partial charge is 0.268 e. The molecule has 2 aliphatic carbocycles. The number of nitrogens with two attached hydrogens (primary N) is 1. The van der Waals surface area contributed by atoms with Gasteiger partial charge >= 0.3 is 0 Å². The molecule has 2 bridgehead atoms. The van der Waals surface area contributed by atoms with Gasteiger partial charge in [-0.1, -0.05) is 32.3 Å². The Bertz CT molecular complexity index is 1140. The van der Waals surface area contributed by atoms with Gasteiger partial charge in [0.1, 0.15) is 11.3 Å². The highest BCUT2D eigenvalue weighted by atomic mass is 16.2. The number of rotatable bonds is 7. The maximum atomic E-state index is 13.3. The SMILES string of the molecule is CCC1CC2CCCC(CNC(=O)c3cccc4nc(CC(=O)N5CCC(C(N)=O)CC5)cn34)(C1)C2. The summed E-state index contributed by atoms with van der Waals surface area (Å²) in [6.07, 6.45) is 12.1. The maximum absolute atomic E-state index is 13.3. The van der Waals surface area contributed by atoms with E-state index < -0.39 is 0 Å². The number of hydrogen-bond acceptors (Lipinski definition) is 4. The first-order chi connectivity index (χ1) is 17.4. The molecule has 3 fully saturated rings. The first-order valence-corrected chi connectivity index (χ1v) is 13.7. The van der Waals surface area contributed by atoms with Crippen molar-refractivity contribution in [3.63, 3.8) is 0 Å². The fraction of sp³-hybridized carbons (Fsp3) is 0.643. The molecule has 2 saturated carbocycles. The van der Waals surface area contributed by atoms with Crippen LogP contribution in [0.1, 0.15) is 80.9 Å². The van der Waals surface area contributed by atoms with Gasteiger partial charge in [0, 0.05) is 31.7 Å². The Morgan fingerprint density at radius 2 is 1.97 bits per heavy atom. The molecule has 8 heteroatoms. The zero-order chi connectivity index (χ0) is 25.3. The molecule has 3 heterocycles. The van der Waals surface area contributed by atoms with Crippen molar-refractivity contribution >= 4 is 23.4 Å². The lowest BCUT2D eigenvalue weighted by molar-refractivity contribution is -0.134. The normalized spacial score (nSPS) is 26.6. The molecule has 194 valence electrons. The number of aromatic nitrogens is 2. The summed E-state index contributed by atoms with van der Waals surface area (Å²) in [4.78, 5) is 43.9. The molecule has 0 radical (unpaired) electrons. The van der Waals surface area contributed by atoms with Crippen molar-refractivity contribution in [2.24, 2.45) is 28.9 Å². The lowest BCUT2D eigenvalue weighted by Crippen LogP contribution is -2.45. The van der Waals surface area contributed by atoms with Gasteiger partial charge in [0.25, 0.3) is 5.91 Å². The minimum Gasteiger partial charge on any atom is -0.369 e. The van der Waals surface area contributed by atoms with Crippen LogP contribution in [0.2, 0.25) is 0 Å². The van der Waals surface area contributed by atoms with Crippen LogP contribution < -0.4 is 11.1 Å². The number of imidazole rings is 1. The van der Waals surface area contributed by atoms with Crippen molar-refractivity contribution in [3.8, 4) is 0 Å². The lowest BCUT2D eigenvalue weighted by Gasteiger charge is -2.48. The fourth-order valence-electron chi connectivity index (χ4n) is 7.05. The van der Waals surface area contributed by atoms with Crippen LogP contribution in [0.25, 0.3) is 5.65 Å². The monoisotopic (exact) mass is 493 g/mol. The first-order valence-electron chi connectivity index (χ1n) is 13.7. The van der Waals surface area contributed by atoms with Gasteiger partial charge < -0.3 is 16.0 Å². The summed E-state index contributed by atoms with van der Waals surface area (Å²) in [5.41, 5.74) is 7.50. The summed E-state index contributed by atoms with van der Waals surface area (Å²) in [5.74, 6) is 1.06. The average Bonchev–Trinajstić information content (AvgIpc) is 3.29. The summed E-state index contributed by atoms with van der Waals surface area (Å²) in [6, 6.07) is 5.53. The number of pyridine rings is 1. The van der Waals surface area contributed by atoms with E-state index in [-0.39, 0.29) is 35.5 Å². The van der Waals surface area contributed by atoms with E-state index in [4.69, 9.17) is 5.73 Å². The molecule has 8 nitrogen and oxygen atoms in total. The molecule has 3 unspecified atom stereocenters. The summed E-state index contributed by atoms with van der Waals surface area (Å²) in [5, 5.41) is 3.27. The van der Waals surface area contributed by atoms with Crippen LogP contribution >= 0.6 is 0 Å². The minimum atomic E-state index is -0.287. The van der Waals surface area contributed by atoms with Gasteiger partial charge in [-0.05, 0) is 67.9 Å². The second-order valence-electron chi connectivity index (χ2n) is 11.5. The van der Waals surface area contributed by atoms with Crippen LogP contribution in [-0.4, -0.2) is 51.6 Å². The van der Waals surface area contributed by atoms with Crippen LogP contribution in [0.5, 0.6) is 0 Å². The molecule has 3 atom stereocenters. The summed E-state index contributed by atoms with van der Waals surface area (Å²) in [6.45, 7) is 4.10. The highest BCUT2D eigenvalue weighted by Gasteiger charge is 2.42. The van der Waals surface area contributed by atoms with E-state index in [9.17, 15) is 14.4 Å². The molecule has 3 N–H and O–H groups in total. The molecule has 2 aromatic heterocycles. The van der Waals surface area contributed by atoms with Gasteiger partial charge in [0.05, 0.1) is 12.1 Å². The van der Waals surface area contributed by atoms with Crippen molar-refractivity contribution in [2.75, 3.05) is 19.6 Å². The third kappa shape index (κ3) is 5.13. The highest BCUT2D eigenvalue weighted by Crippen LogP contribution is 2.51. The van der Waals surface area contributed by atoms with Crippen molar-refractivity contribution < 1.29 is 14.4 Å². The zero-order valence-corrected chi connectivity index (χ0v) is 21.4. The Morgan fingerprint density at radius 3 is 2.72 bits per heavy atom. The number of piperidine rings is 1. The quantitative estimate of drug-likeness (QED) is 0.616. The van der Waals surface area contributed by atoms with Crippen LogP contribution in [0.4, 0.5) is 0 Å². The van der Waals surface area contributed by atoms with Crippen molar-refractivity contribution in [2.45, 2.75) is 71.1 Å². The van der Waals surface area contributed by atoms with E-state index in [2.05, 4.69) is 17.2 Å². The second kappa shape index (κ2) is 10.2. The largest absolute Gasteiger partial charge is 0.369 e. The molecule has 1 saturated heterocycles. The zero-order valence-electron chi connectivity index (χ0n) is 21.4. The molecular weight excluding hydrogens is 454 g/mol. The average molecular weight is 494 g/mol. The highest BCUT2D eigenvalue weighted by molar-refractivity contribution is 5.93. The number of likely N-dealkylation sites (tertiary alicyclic amines) is 1. The molecular formula is C28H39N5O3. The van der Waals surface area contributed by atoms with Crippen LogP contribution in [0, 0.1) is 23.2 Å². The minimum absolute atomic E-state index is 0.0129. The first kappa shape index (κ1) is 24.8. The third-order valence-corrected chi connectivity index (χ3v) is 8.99. The predicted octanol–water partition coefficient (Wildman–Crippen LogP) is 3.33. The Labute approximate surface area is 213 Å².